The Kier molecular flexibility index (Phi) is 6.39. The smallest absolute Gasteiger partial charge is 0.309 e. The number of likely N-dealkylation sites (tertiary alicyclic amines) is 1. The van der Waals surface area contributed by atoms with Gasteiger partial charge in [-0.25, -0.2) is 0 Å². The van der Waals surface area contributed by atoms with Crippen LogP contribution in [0.2, 0.25) is 0 Å². The van der Waals surface area contributed by atoms with Crippen LogP contribution >= 0.6 is 11.3 Å². The molecule has 1 saturated heterocycles. The summed E-state index contributed by atoms with van der Waals surface area (Å²) in [7, 11) is 0. The van der Waals surface area contributed by atoms with E-state index in [1.807, 2.05) is 31.4 Å². The monoisotopic (exact) mass is 324 g/mol. The highest BCUT2D eigenvalue weighted by Crippen LogP contribution is 2.20. The SMILES string of the molecule is CCOC(=O)C1CCN(C(C)C(=O)NCc2cccs2)CC1. The van der Waals surface area contributed by atoms with Crippen LogP contribution in [0.5, 0.6) is 0 Å². The summed E-state index contributed by atoms with van der Waals surface area (Å²) in [6.07, 6.45) is 1.53. The lowest BCUT2D eigenvalue weighted by Crippen LogP contribution is -2.48. The summed E-state index contributed by atoms with van der Waals surface area (Å²) < 4.78 is 5.07. The van der Waals surface area contributed by atoms with Crippen LogP contribution in [0, 0.1) is 5.92 Å². The number of hydrogen-bond acceptors (Lipinski definition) is 5. The van der Waals surface area contributed by atoms with Gasteiger partial charge in [0, 0.05) is 4.88 Å². The fourth-order valence-corrected chi connectivity index (χ4v) is 3.33. The van der Waals surface area contributed by atoms with E-state index in [0.717, 1.165) is 30.8 Å². The van der Waals surface area contributed by atoms with E-state index in [-0.39, 0.29) is 23.8 Å². The Labute approximate surface area is 135 Å². The van der Waals surface area contributed by atoms with Crippen molar-refractivity contribution in [2.75, 3.05) is 19.7 Å². The average molecular weight is 324 g/mol. The molecule has 1 atom stereocenters. The minimum absolute atomic E-state index is 0.0161. The van der Waals surface area contributed by atoms with Gasteiger partial charge < -0.3 is 10.1 Å². The summed E-state index contributed by atoms with van der Waals surface area (Å²) in [5.41, 5.74) is 0. The number of esters is 1. The Hall–Kier alpha value is -1.40. The zero-order chi connectivity index (χ0) is 15.9. The third-order valence-corrected chi connectivity index (χ3v) is 4.97. The number of carbonyl (C=O) groups excluding carboxylic acids is 2. The average Bonchev–Trinajstić information content (AvgIpc) is 3.05. The molecular weight excluding hydrogens is 300 g/mol. The van der Waals surface area contributed by atoms with Gasteiger partial charge in [-0.15, -0.1) is 11.3 Å². The van der Waals surface area contributed by atoms with Gasteiger partial charge in [0.25, 0.3) is 0 Å². The molecule has 22 heavy (non-hydrogen) atoms. The summed E-state index contributed by atoms with van der Waals surface area (Å²) in [4.78, 5) is 27.2. The number of nitrogens with one attached hydrogen (secondary N) is 1. The van der Waals surface area contributed by atoms with Gasteiger partial charge in [0.05, 0.1) is 25.1 Å². The fourth-order valence-electron chi connectivity index (χ4n) is 2.68. The number of hydrogen-bond donors (Lipinski definition) is 1. The molecule has 2 heterocycles. The lowest BCUT2D eigenvalue weighted by atomic mass is 9.96. The fraction of sp³-hybridized carbons (Fsp3) is 0.625. The second kappa shape index (κ2) is 8.29. The van der Waals surface area contributed by atoms with Gasteiger partial charge in [-0.3, -0.25) is 14.5 Å². The highest BCUT2D eigenvalue weighted by Gasteiger charge is 2.30. The third-order valence-electron chi connectivity index (χ3n) is 4.09. The van der Waals surface area contributed by atoms with Crippen LogP contribution in [0.25, 0.3) is 0 Å². The molecule has 1 aliphatic rings. The van der Waals surface area contributed by atoms with Crippen LogP contribution in [0.1, 0.15) is 31.6 Å². The largest absolute Gasteiger partial charge is 0.466 e. The lowest BCUT2D eigenvalue weighted by molar-refractivity contribution is -0.149. The molecule has 0 spiro atoms. The van der Waals surface area contributed by atoms with Crippen LogP contribution < -0.4 is 5.32 Å². The molecule has 0 aromatic carbocycles. The number of rotatable bonds is 6. The van der Waals surface area contributed by atoms with Crippen molar-refractivity contribution < 1.29 is 14.3 Å². The second-order valence-corrected chi connectivity index (χ2v) is 6.57. The van der Waals surface area contributed by atoms with Crippen molar-refractivity contribution in [3.63, 3.8) is 0 Å². The van der Waals surface area contributed by atoms with E-state index >= 15 is 0 Å². The van der Waals surface area contributed by atoms with Crippen molar-refractivity contribution in [1.29, 1.82) is 0 Å². The highest BCUT2D eigenvalue weighted by atomic mass is 32.1. The van der Waals surface area contributed by atoms with Gasteiger partial charge in [-0.05, 0) is 51.2 Å². The molecule has 1 fully saturated rings. The predicted molar refractivity (Wildman–Crippen MR) is 86.6 cm³/mol. The van der Waals surface area contributed by atoms with Crippen molar-refractivity contribution in [2.24, 2.45) is 5.92 Å². The van der Waals surface area contributed by atoms with Gasteiger partial charge in [0.2, 0.25) is 5.91 Å². The first-order valence-electron chi connectivity index (χ1n) is 7.82. The third kappa shape index (κ3) is 4.55. The lowest BCUT2D eigenvalue weighted by Gasteiger charge is -2.34. The van der Waals surface area contributed by atoms with E-state index in [0.29, 0.717) is 13.2 Å². The number of thiophene rings is 1. The quantitative estimate of drug-likeness (QED) is 0.814. The number of carbonyl (C=O) groups is 2. The van der Waals surface area contributed by atoms with Gasteiger partial charge in [0.1, 0.15) is 0 Å². The van der Waals surface area contributed by atoms with Crippen molar-refractivity contribution in [3.05, 3.63) is 22.4 Å². The zero-order valence-corrected chi connectivity index (χ0v) is 14.0. The van der Waals surface area contributed by atoms with E-state index < -0.39 is 0 Å². The van der Waals surface area contributed by atoms with E-state index in [1.54, 1.807) is 11.3 Å². The number of nitrogens with zero attached hydrogens (tertiary/aromatic N) is 1. The Bertz CT molecular complexity index is 482. The summed E-state index contributed by atoms with van der Waals surface area (Å²) in [6.45, 7) is 6.29. The van der Waals surface area contributed by atoms with Crippen LogP contribution in [0.15, 0.2) is 17.5 Å². The molecule has 1 N–H and O–H groups in total. The molecule has 0 aliphatic carbocycles. The maximum absolute atomic E-state index is 12.2. The summed E-state index contributed by atoms with van der Waals surface area (Å²) >= 11 is 1.64. The van der Waals surface area contributed by atoms with E-state index in [1.165, 1.54) is 0 Å². The molecule has 1 aliphatic heterocycles. The molecule has 6 heteroatoms. The Balaban J connectivity index is 1.75. The molecule has 1 aromatic heterocycles. The zero-order valence-electron chi connectivity index (χ0n) is 13.2. The van der Waals surface area contributed by atoms with Crippen molar-refractivity contribution in [1.82, 2.24) is 10.2 Å². The maximum atomic E-state index is 12.2. The molecule has 0 saturated carbocycles. The second-order valence-electron chi connectivity index (χ2n) is 5.54. The first kappa shape index (κ1) is 17.0. The number of piperidine rings is 1. The highest BCUT2D eigenvalue weighted by molar-refractivity contribution is 7.09. The molecule has 1 unspecified atom stereocenters. The maximum Gasteiger partial charge on any atom is 0.309 e. The van der Waals surface area contributed by atoms with E-state index in [4.69, 9.17) is 4.74 Å². The Morgan fingerprint density at radius 1 is 1.45 bits per heavy atom. The van der Waals surface area contributed by atoms with Gasteiger partial charge in [0.15, 0.2) is 0 Å². The Morgan fingerprint density at radius 3 is 2.77 bits per heavy atom. The van der Waals surface area contributed by atoms with Gasteiger partial charge in [-0.2, -0.15) is 0 Å². The first-order chi connectivity index (χ1) is 10.6. The van der Waals surface area contributed by atoms with Crippen molar-refractivity contribution in [3.8, 4) is 0 Å². The van der Waals surface area contributed by atoms with E-state index in [9.17, 15) is 9.59 Å². The topological polar surface area (TPSA) is 58.6 Å². The first-order valence-corrected chi connectivity index (χ1v) is 8.70. The van der Waals surface area contributed by atoms with Gasteiger partial charge >= 0.3 is 5.97 Å². The van der Waals surface area contributed by atoms with Crippen molar-refractivity contribution in [2.45, 2.75) is 39.3 Å². The Morgan fingerprint density at radius 2 is 2.18 bits per heavy atom. The standard InChI is InChI=1S/C16H24N2O3S/c1-3-21-16(20)13-6-8-18(9-7-13)12(2)15(19)17-11-14-5-4-10-22-14/h4-5,10,12-13H,3,6-9,11H2,1-2H3,(H,17,19). The molecule has 0 bridgehead atoms. The van der Waals surface area contributed by atoms with Crippen LogP contribution in [0.3, 0.4) is 0 Å². The van der Waals surface area contributed by atoms with Crippen LogP contribution in [-0.2, 0) is 20.9 Å². The molecule has 0 radical (unpaired) electrons. The number of amides is 1. The van der Waals surface area contributed by atoms with E-state index in [2.05, 4.69) is 10.2 Å². The molecular formula is C16H24N2O3S. The molecule has 122 valence electrons. The summed E-state index contributed by atoms with van der Waals surface area (Å²) in [6, 6.07) is 3.83. The molecule has 5 nitrogen and oxygen atoms in total. The molecule has 2 rings (SSSR count). The van der Waals surface area contributed by atoms with Crippen molar-refractivity contribution >= 4 is 23.2 Å². The minimum atomic E-state index is -0.164. The van der Waals surface area contributed by atoms with Crippen LogP contribution in [0.4, 0.5) is 0 Å². The normalized spacial score (nSPS) is 17.9. The predicted octanol–water partition coefficient (Wildman–Crippen LogP) is 2.03. The molecule has 1 amide bonds. The van der Waals surface area contributed by atoms with Gasteiger partial charge in [-0.1, -0.05) is 6.07 Å². The number of ether oxygens (including phenoxy) is 1. The van der Waals surface area contributed by atoms with Crippen LogP contribution in [-0.4, -0.2) is 42.5 Å². The molecule has 1 aromatic rings. The summed E-state index contributed by atoms with van der Waals surface area (Å²) in [5.74, 6) is -0.0717. The summed E-state index contributed by atoms with van der Waals surface area (Å²) in [5, 5.41) is 4.98. The minimum Gasteiger partial charge on any atom is -0.466 e.